The summed E-state index contributed by atoms with van der Waals surface area (Å²) in [5.41, 5.74) is 3.19. The summed E-state index contributed by atoms with van der Waals surface area (Å²) in [5.74, 6) is 0.565. The third kappa shape index (κ3) is 5.35. The Bertz CT molecular complexity index is 583. The molecule has 2 amide bonds. The van der Waals surface area contributed by atoms with Gasteiger partial charge in [0.15, 0.2) is 0 Å². The smallest absolute Gasteiger partial charge is 0.333 e. The Morgan fingerprint density at radius 3 is 2.00 bits per heavy atom. The lowest BCUT2D eigenvalue weighted by Crippen LogP contribution is -2.39. The zero-order valence-electron chi connectivity index (χ0n) is 12.7. The number of carbonyl (C=O) groups excluding carboxylic acids is 1. The average Bonchev–Trinajstić information content (AvgIpc) is 2.33. The van der Waals surface area contributed by atoms with Crippen molar-refractivity contribution in [2.75, 3.05) is 0 Å². The molecule has 0 atom stereocenters. The van der Waals surface area contributed by atoms with E-state index >= 15 is 0 Å². The van der Waals surface area contributed by atoms with Crippen LogP contribution in [0.15, 0.2) is 18.2 Å². The molecule has 3 N–H and O–H groups in total. The molecule has 7 heteroatoms. The van der Waals surface area contributed by atoms with Crippen molar-refractivity contribution < 1.29 is 17.8 Å². The van der Waals surface area contributed by atoms with Crippen LogP contribution in [0.25, 0.3) is 0 Å². The minimum Gasteiger partial charge on any atom is -0.333 e. The van der Waals surface area contributed by atoms with Gasteiger partial charge in [0, 0.05) is 6.54 Å². The maximum Gasteiger partial charge on any atom is 0.361 e. The first kappa shape index (κ1) is 17.5. The second kappa shape index (κ2) is 6.91. The first-order valence-electron chi connectivity index (χ1n) is 6.76. The number of amides is 2. The molecule has 0 fully saturated rings. The van der Waals surface area contributed by atoms with E-state index in [1.54, 1.807) is 0 Å². The Hall–Kier alpha value is -1.60. The second-order valence-electron chi connectivity index (χ2n) is 5.48. The van der Waals surface area contributed by atoms with Crippen LogP contribution in [0.4, 0.5) is 4.79 Å². The van der Waals surface area contributed by atoms with Gasteiger partial charge in [-0.05, 0) is 28.5 Å². The molecule has 118 valence electrons. The van der Waals surface area contributed by atoms with Gasteiger partial charge in [-0.1, -0.05) is 45.9 Å². The van der Waals surface area contributed by atoms with Gasteiger partial charge in [-0.2, -0.15) is 8.42 Å². The summed E-state index contributed by atoms with van der Waals surface area (Å²) in [5, 5.41) is 2.46. The summed E-state index contributed by atoms with van der Waals surface area (Å²) < 4.78 is 31.2. The summed E-state index contributed by atoms with van der Waals surface area (Å²) >= 11 is 0. The predicted molar refractivity (Wildman–Crippen MR) is 81.5 cm³/mol. The van der Waals surface area contributed by atoms with Crippen LogP contribution in [-0.4, -0.2) is 19.0 Å². The lowest BCUT2D eigenvalue weighted by atomic mass is 9.89. The van der Waals surface area contributed by atoms with Gasteiger partial charge >= 0.3 is 16.3 Å². The van der Waals surface area contributed by atoms with Gasteiger partial charge in [0.2, 0.25) is 0 Å². The molecular formula is C14H22N2O4S. The molecule has 0 bridgehead atoms. The van der Waals surface area contributed by atoms with Crippen molar-refractivity contribution >= 4 is 16.3 Å². The van der Waals surface area contributed by atoms with E-state index < -0.39 is 16.3 Å². The van der Waals surface area contributed by atoms with Gasteiger partial charge in [0.25, 0.3) is 0 Å². The van der Waals surface area contributed by atoms with Crippen molar-refractivity contribution in [2.24, 2.45) is 0 Å². The van der Waals surface area contributed by atoms with Crippen LogP contribution < -0.4 is 10.0 Å². The van der Waals surface area contributed by atoms with Crippen LogP contribution in [0.1, 0.15) is 56.2 Å². The minimum atomic E-state index is -4.54. The number of nitrogens with one attached hydrogen (secondary N) is 2. The van der Waals surface area contributed by atoms with Crippen molar-refractivity contribution in [3.8, 4) is 0 Å². The van der Waals surface area contributed by atoms with E-state index in [4.69, 9.17) is 4.55 Å². The molecule has 1 rings (SSSR count). The highest BCUT2D eigenvalue weighted by Gasteiger charge is 2.15. The van der Waals surface area contributed by atoms with Gasteiger partial charge in [-0.15, -0.1) is 0 Å². The van der Waals surface area contributed by atoms with Gasteiger partial charge in [0.1, 0.15) is 0 Å². The summed E-state index contributed by atoms with van der Waals surface area (Å²) in [6.07, 6.45) is 0. The zero-order chi connectivity index (χ0) is 16.2. The van der Waals surface area contributed by atoms with Crippen molar-refractivity contribution in [3.05, 3.63) is 34.9 Å². The summed E-state index contributed by atoms with van der Waals surface area (Å²) in [6, 6.07) is 5.01. The normalized spacial score (nSPS) is 11.8. The first-order valence-corrected chi connectivity index (χ1v) is 8.20. The minimum absolute atomic E-state index is 0.198. The van der Waals surface area contributed by atoms with E-state index in [0.29, 0.717) is 0 Å². The van der Waals surface area contributed by atoms with E-state index in [9.17, 15) is 13.2 Å². The Balaban J connectivity index is 2.98. The first-order chi connectivity index (χ1) is 9.61. The maximum atomic E-state index is 11.4. The molecule has 1 aromatic carbocycles. The number of rotatable bonds is 5. The van der Waals surface area contributed by atoms with Crippen LogP contribution in [0.3, 0.4) is 0 Å². The number of carbonyl (C=O) groups is 1. The standard InChI is InChI=1S/C14H22N2O4S/c1-9(2)11-6-5-7-12(10(3)4)13(11)8-15-14(17)16-21(18,19)20/h5-7,9-10H,8H2,1-4H3,(H2,15,16,17)(H,18,19,20). The number of hydrogen-bond acceptors (Lipinski definition) is 3. The predicted octanol–water partition coefficient (Wildman–Crippen LogP) is 2.54. The fraction of sp³-hybridized carbons (Fsp3) is 0.500. The molecule has 0 saturated heterocycles. The number of urea groups is 1. The molecule has 1 aromatic rings. The molecule has 0 aliphatic carbocycles. The molecule has 0 heterocycles. The quantitative estimate of drug-likeness (QED) is 0.728. The maximum absolute atomic E-state index is 11.4. The highest BCUT2D eigenvalue weighted by Crippen LogP contribution is 2.27. The highest BCUT2D eigenvalue weighted by atomic mass is 32.2. The average molecular weight is 314 g/mol. The summed E-state index contributed by atoms with van der Waals surface area (Å²) in [4.78, 5) is 11.4. The molecule has 0 aliphatic rings. The van der Waals surface area contributed by atoms with Crippen LogP contribution in [0.5, 0.6) is 0 Å². The molecule has 0 aromatic heterocycles. The van der Waals surface area contributed by atoms with E-state index in [0.717, 1.165) is 16.7 Å². The molecule has 6 nitrogen and oxygen atoms in total. The number of benzene rings is 1. The second-order valence-corrected chi connectivity index (χ2v) is 6.64. The zero-order valence-corrected chi connectivity index (χ0v) is 13.5. The molecule has 0 radical (unpaired) electrons. The van der Waals surface area contributed by atoms with Gasteiger partial charge in [-0.25, -0.2) is 9.52 Å². The highest BCUT2D eigenvalue weighted by molar-refractivity contribution is 7.84. The van der Waals surface area contributed by atoms with Crippen molar-refractivity contribution in [1.82, 2.24) is 10.0 Å². The van der Waals surface area contributed by atoms with Crippen molar-refractivity contribution in [1.29, 1.82) is 0 Å². The SMILES string of the molecule is CC(C)c1cccc(C(C)C)c1CNC(=O)NS(=O)(=O)O. The van der Waals surface area contributed by atoms with E-state index in [-0.39, 0.29) is 18.4 Å². The fourth-order valence-electron chi connectivity index (χ4n) is 2.23. The Morgan fingerprint density at radius 2 is 1.62 bits per heavy atom. The summed E-state index contributed by atoms with van der Waals surface area (Å²) in [6.45, 7) is 8.42. The van der Waals surface area contributed by atoms with Gasteiger partial charge in [0.05, 0.1) is 0 Å². The van der Waals surface area contributed by atoms with E-state index in [2.05, 4.69) is 33.0 Å². The van der Waals surface area contributed by atoms with Gasteiger partial charge < -0.3 is 5.32 Å². The molecular weight excluding hydrogens is 292 g/mol. The Labute approximate surface area is 125 Å². The molecule has 0 spiro atoms. The third-order valence-corrected chi connectivity index (χ3v) is 3.58. The lowest BCUT2D eigenvalue weighted by Gasteiger charge is -2.20. The van der Waals surface area contributed by atoms with Gasteiger partial charge in [-0.3, -0.25) is 4.55 Å². The van der Waals surface area contributed by atoms with Crippen LogP contribution >= 0.6 is 0 Å². The van der Waals surface area contributed by atoms with Crippen LogP contribution in [-0.2, 0) is 16.8 Å². The van der Waals surface area contributed by atoms with Crippen molar-refractivity contribution in [2.45, 2.75) is 46.1 Å². The topological polar surface area (TPSA) is 95.5 Å². The molecule has 0 aliphatic heterocycles. The monoisotopic (exact) mass is 314 g/mol. The Morgan fingerprint density at radius 1 is 1.14 bits per heavy atom. The molecule has 0 saturated carbocycles. The number of hydrogen-bond donors (Lipinski definition) is 3. The third-order valence-electron chi connectivity index (χ3n) is 3.14. The molecule has 0 unspecified atom stereocenters. The fourth-order valence-corrected chi connectivity index (χ4v) is 2.54. The largest absolute Gasteiger partial charge is 0.361 e. The Kier molecular flexibility index (Phi) is 5.74. The van der Waals surface area contributed by atoms with E-state index in [1.165, 1.54) is 4.72 Å². The molecule has 21 heavy (non-hydrogen) atoms. The van der Waals surface area contributed by atoms with Crippen LogP contribution in [0, 0.1) is 0 Å². The van der Waals surface area contributed by atoms with Crippen LogP contribution in [0.2, 0.25) is 0 Å². The summed E-state index contributed by atoms with van der Waals surface area (Å²) in [7, 11) is -4.54. The lowest BCUT2D eigenvalue weighted by molar-refractivity contribution is 0.244. The van der Waals surface area contributed by atoms with E-state index in [1.807, 2.05) is 18.2 Å². The van der Waals surface area contributed by atoms with Crippen molar-refractivity contribution in [3.63, 3.8) is 0 Å².